The fourth-order valence-corrected chi connectivity index (χ4v) is 1.32. The second kappa shape index (κ2) is 9.83. The summed E-state index contributed by atoms with van der Waals surface area (Å²) in [6, 6.07) is -0.759. The van der Waals surface area contributed by atoms with E-state index in [0.29, 0.717) is 25.7 Å². The molecule has 0 aromatic carbocycles. The van der Waals surface area contributed by atoms with Gasteiger partial charge in [0.05, 0.1) is 13.1 Å². The van der Waals surface area contributed by atoms with Gasteiger partial charge in [-0.2, -0.15) is 0 Å². The van der Waals surface area contributed by atoms with Gasteiger partial charge in [0.2, 0.25) is 11.8 Å². The van der Waals surface area contributed by atoms with E-state index in [1.165, 1.54) is 0 Å². The lowest BCUT2D eigenvalue weighted by atomic mass is 10.1. The number of hydrogen-bond donors (Lipinski definition) is 6. The minimum absolute atomic E-state index is 0.112. The molecule has 19 heavy (non-hydrogen) atoms. The lowest BCUT2D eigenvalue weighted by Crippen LogP contribution is -2.49. The highest BCUT2D eigenvalue weighted by molar-refractivity contribution is 5.89. The van der Waals surface area contributed by atoms with Crippen LogP contribution >= 0.6 is 0 Å². The lowest BCUT2D eigenvalue weighted by molar-refractivity contribution is -0.129. The van der Waals surface area contributed by atoms with Crippen LogP contribution in [0.25, 0.3) is 0 Å². The fraction of sp³-hybridized carbons (Fsp3) is 0.600. The van der Waals surface area contributed by atoms with E-state index in [1.54, 1.807) is 0 Å². The van der Waals surface area contributed by atoms with E-state index >= 15 is 0 Å². The standard InChI is InChI=1S/C10H20N6O3/c11-6-8(18)16-7(9(19)14-4-5-17)2-1-3-15-10(12)13/h5,7H,1-4,6,11H2,(H,14,19)(H,16,18)(H4,12,13,15)/t7-/m0/s1. The molecule has 0 aromatic heterocycles. The summed E-state index contributed by atoms with van der Waals surface area (Å²) >= 11 is 0. The van der Waals surface area contributed by atoms with Crippen molar-refractivity contribution in [2.45, 2.75) is 18.9 Å². The van der Waals surface area contributed by atoms with Crippen molar-refractivity contribution in [2.24, 2.45) is 11.5 Å². The van der Waals surface area contributed by atoms with Gasteiger partial charge in [0.25, 0.3) is 0 Å². The van der Waals surface area contributed by atoms with Crippen LogP contribution < -0.4 is 27.4 Å². The van der Waals surface area contributed by atoms with Crippen LogP contribution in [0.5, 0.6) is 0 Å². The summed E-state index contributed by atoms with van der Waals surface area (Å²) < 4.78 is 0. The Bertz CT molecular complexity index is 333. The molecule has 1 atom stereocenters. The Kier molecular flexibility index (Phi) is 8.71. The molecule has 9 nitrogen and oxygen atoms in total. The Morgan fingerprint density at radius 3 is 2.53 bits per heavy atom. The zero-order chi connectivity index (χ0) is 14.7. The first-order valence-corrected chi connectivity index (χ1v) is 5.80. The summed E-state index contributed by atoms with van der Waals surface area (Å²) in [5, 5.41) is 14.4. The van der Waals surface area contributed by atoms with E-state index < -0.39 is 17.9 Å². The van der Waals surface area contributed by atoms with E-state index in [1.807, 2.05) is 0 Å². The number of nitrogens with one attached hydrogen (secondary N) is 4. The first kappa shape index (κ1) is 16.8. The highest BCUT2D eigenvalue weighted by Crippen LogP contribution is 1.97. The smallest absolute Gasteiger partial charge is 0.242 e. The molecule has 108 valence electrons. The topological polar surface area (TPSA) is 163 Å². The van der Waals surface area contributed by atoms with Gasteiger partial charge >= 0.3 is 0 Å². The first-order valence-electron chi connectivity index (χ1n) is 5.80. The number of nitrogens with two attached hydrogens (primary N) is 2. The number of rotatable bonds is 9. The number of hydrogen-bond acceptors (Lipinski definition) is 5. The van der Waals surface area contributed by atoms with Crippen LogP contribution in [0.15, 0.2) is 0 Å². The van der Waals surface area contributed by atoms with Crippen molar-refractivity contribution in [3.05, 3.63) is 0 Å². The van der Waals surface area contributed by atoms with E-state index in [-0.39, 0.29) is 19.0 Å². The lowest BCUT2D eigenvalue weighted by Gasteiger charge is -2.17. The first-order chi connectivity index (χ1) is 9.01. The molecule has 0 saturated heterocycles. The number of guanidine groups is 1. The molecule has 0 rings (SSSR count). The third-order valence-corrected chi connectivity index (χ3v) is 2.18. The van der Waals surface area contributed by atoms with Crippen LogP contribution in [-0.2, 0) is 14.4 Å². The minimum atomic E-state index is -0.759. The van der Waals surface area contributed by atoms with Crippen LogP contribution in [-0.4, -0.2) is 49.7 Å². The summed E-state index contributed by atoms with van der Waals surface area (Å²) in [6.07, 6.45) is 1.41. The van der Waals surface area contributed by atoms with Crippen molar-refractivity contribution in [1.29, 1.82) is 5.41 Å². The zero-order valence-electron chi connectivity index (χ0n) is 10.6. The highest BCUT2D eigenvalue weighted by Gasteiger charge is 2.19. The number of carbonyl (C=O) groups excluding carboxylic acids is 3. The normalized spacial score (nSPS) is 11.2. The van der Waals surface area contributed by atoms with E-state index in [2.05, 4.69) is 16.0 Å². The Morgan fingerprint density at radius 1 is 1.32 bits per heavy atom. The number of amides is 2. The summed E-state index contributed by atoms with van der Waals surface area (Å²) in [5.41, 5.74) is 10.3. The van der Waals surface area contributed by atoms with Gasteiger partial charge in [-0.3, -0.25) is 15.0 Å². The molecule has 2 amide bonds. The minimum Gasteiger partial charge on any atom is -0.370 e. The van der Waals surface area contributed by atoms with Gasteiger partial charge in [0.1, 0.15) is 12.3 Å². The maximum atomic E-state index is 11.7. The van der Waals surface area contributed by atoms with Gasteiger partial charge in [-0.05, 0) is 12.8 Å². The van der Waals surface area contributed by atoms with Crippen LogP contribution in [0.1, 0.15) is 12.8 Å². The van der Waals surface area contributed by atoms with Crippen LogP contribution in [0.2, 0.25) is 0 Å². The maximum Gasteiger partial charge on any atom is 0.242 e. The largest absolute Gasteiger partial charge is 0.370 e. The fourth-order valence-electron chi connectivity index (χ4n) is 1.32. The molecular weight excluding hydrogens is 252 g/mol. The highest BCUT2D eigenvalue weighted by atomic mass is 16.2. The van der Waals surface area contributed by atoms with Crippen molar-refractivity contribution in [3.63, 3.8) is 0 Å². The molecule has 0 radical (unpaired) electrons. The Morgan fingerprint density at radius 2 is 2.00 bits per heavy atom. The molecule has 9 heteroatoms. The van der Waals surface area contributed by atoms with Gasteiger partial charge in [0.15, 0.2) is 5.96 Å². The zero-order valence-corrected chi connectivity index (χ0v) is 10.6. The van der Waals surface area contributed by atoms with Crippen molar-refractivity contribution < 1.29 is 14.4 Å². The van der Waals surface area contributed by atoms with Crippen LogP contribution in [0.3, 0.4) is 0 Å². The van der Waals surface area contributed by atoms with Gasteiger partial charge < -0.3 is 32.2 Å². The van der Waals surface area contributed by atoms with Gasteiger partial charge in [-0.15, -0.1) is 0 Å². The SMILES string of the molecule is N=C(N)NCCC[C@H](NC(=O)CN)C(=O)NCC=O. The molecule has 0 aliphatic rings. The molecule has 0 unspecified atom stereocenters. The summed E-state index contributed by atoms with van der Waals surface area (Å²) in [6.45, 7) is 0.0774. The number of aldehydes is 1. The Balaban J connectivity index is 4.24. The molecule has 8 N–H and O–H groups in total. The second-order valence-corrected chi connectivity index (χ2v) is 3.72. The van der Waals surface area contributed by atoms with E-state index in [0.717, 1.165) is 0 Å². The molecular formula is C10H20N6O3. The van der Waals surface area contributed by atoms with Gasteiger partial charge in [-0.25, -0.2) is 0 Å². The van der Waals surface area contributed by atoms with Crippen molar-refractivity contribution >= 4 is 24.1 Å². The average Bonchev–Trinajstić information content (AvgIpc) is 2.38. The number of carbonyl (C=O) groups is 3. The quantitative estimate of drug-likeness (QED) is 0.113. The Labute approximate surface area is 111 Å². The molecule has 0 bridgehead atoms. The summed E-state index contributed by atoms with van der Waals surface area (Å²) in [7, 11) is 0. The van der Waals surface area contributed by atoms with E-state index in [9.17, 15) is 14.4 Å². The second-order valence-electron chi connectivity index (χ2n) is 3.72. The molecule has 0 spiro atoms. The van der Waals surface area contributed by atoms with Crippen molar-refractivity contribution in [3.8, 4) is 0 Å². The molecule has 0 heterocycles. The molecule has 0 aliphatic heterocycles. The van der Waals surface area contributed by atoms with E-state index in [4.69, 9.17) is 16.9 Å². The van der Waals surface area contributed by atoms with Gasteiger partial charge in [-0.1, -0.05) is 0 Å². The van der Waals surface area contributed by atoms with Crippen molar-refractivity contribution in [1.82, 2.24) is 16.0 Å². The predicted octanol–water partition coefficient (Wildman–Crippen LogP) is -2.99. The molecule has 0 saturated carbocycles. The third-order valence-electron chi connectivity index (χ3n) is 2.18. The van der Waals surface area contributed by atoms with Gasteiger partial charge in [0, 0.05) is 6.54 Å². The summed E-state index contributed by atoms with van der Waals surface area (Å²) in [5.74, 6) is -1.06. The molecule has 0 aromatic rings. The Hall–Kier alpha value is -2.16. The van der Waals surface area contributed by atoms with Crippen molar-refractivity contribution in [2.75, 3.05) is 19.6 Å². The van der Waals surface area contributed by atoms with Crippen LogP contribution in [0.4, 0.5) is 0 Å². The monoisotopic (exact) mass is 272 g/mol. The van der Waals surface area contributed by atoms with Crippen LogP contribution in [0, 0.1) is 5.41 Å². The maximum absolute atomic E-state index is 11.7. The molecule has 0 fully saturated rings. The third kappa shape index (κ3) is 8.55. The molecule has 0 aliphatic carbocycles. The average molecular weight is 272 g/mol. The predicted molar refractivity (Wildman–Crippen MR) is 69.2 cm³/mol. The summed E-state index contributed by atoms with van der Waals surface area (Å²) in [4.78, 5) is 33.0.